The molecule has 2 fully saturated rings. The number of nitrogens with one attached hydrogen (secondary N) is 2. The molecular weight excluding hydrogens is 492 g/mol. The van der Waals surface area contributed by atoms with Crippen molar-refractivity contribution in [2.45, 2.75) is 36.7 Å². The monoisotopic (exact) mass is 518 g/mol. The van der Waals surface area contributed by atoms with Gasteiger partial charge in [-0.05, 0) is 36.6 Å². The molecule has 0 aliphatic carbocycles. The first-order chi connectivity index (χ1) is 16.3. The minimum Gasteiger partial charge on any atom is -0.349 e. The van der Waals surface area contributed by atoms with Gasteiger partial charge in [-0.15, -0.1) is 0 Å². The molecule has 3 aliphatic heterocycles. The number of carbonyl (C=O) groups is 1. The maximum atomic E-state index is 12.9. The molecule has 34 heavy (non-hydrogen) atoms. The van der Waals surface area contributed by atoms with Gasteiger partial charge in [-0.3, -0.25) is 14.7 Å². The third-order valence-corrected chi connectivity index (χ3v) is 9.93. The van der Waals surface area contributed by atoms with Crippen molar-refractivity contribution in [2.24, 2.45) is 4.99 Å². The number of thioether (sulfide) groups is 1. The second-order valence-corrected chi connectivity index (χ2v) is 12.9. The van der Waals surface area contributed by atoms with Gasteiger partial charge in [0.2, 0.25) is 0 Å². The number of aliphatic imine (C=N–C) groups is 1. The summed E-state index contributed by atoms with van der Waals surface area (Å²) in [5, 5.41) is 7.44. The fraction of sp³-hybridized carbons (Fsp3) is 0.417. The normalized spacial score (nSPS) is 24.4. The van der Waals surface area contributed by atoms with Crippen molar-refractivity contribution in [3.05, 3.63) is 64.7 Å². The number of halogens is 1. The lowest BCUT2D eigenvalue weighted by atomic mass is 10.0. The second-order valence-electron chi connectivity index (χ2n) is 9.06. The number of amides is 1. The number of piperidine rings is 1. The molecule has 0 unspecified atom stereocenters. The van der Waals surface area contributed by atoms with Gasteiger partial charge in [0.1, 0.15) is 0 Å². The molecule has 2 aromatic rings. The lowest BCUT2D eigenvalue weighted by molar-refractivity contribution is 0.0909. The summed E-state index contributed by atoms with van der Waals surface area (Å²) in [6.07, 6.45) is 1.83. The van der Waals surface area contributed by atoms with Crippen LogP contribution in [-0.4, -0.2) is 66.3 Å². The molecule has 180 valence electrons. The Morgan fingerprint density at radius 2 is 1.88 bits per heavy atom. The summed E-state index contributed by atoms with van der Waals surface area (Å²) in [7, 11) is -3.00. The first-order valence-electron chi connectivity index (χ1n) is 11.4. The predicted molar refractivity (Wildman–Crippen MR) is 139 cm³/mol. The van der Waals surface area contributed by atoms with Gasteiger partial charge in [0.15, 0.2) is 15.0 Å². The van der Waals surface area contributed by atoms with E-state index in [1.807, 2.05) is 6.07 Å². The number of benzene rings is 2. The van der Waals surface area contributed by atoms with Crippen LogP contribution in [0.4, 0.5) is 5.69 Å². The number of amidine groups is 1. The Balaban J connectivity index is 1.16. The zero-order valence-electron chi connectivity index (χ0n) is 18.6. The zero-order chi connectivity index (χ0) is 23.7. The maximum Gasteiger partial charge on any atom is 0.251 e. The third-order valence-electron chi connectivity index (χ3n) is 6.46. The number of anilines is 1. The van der Waals surface area contributed by atoms with Crippen LogP contribution in [-0.2, 0) is 16.4 Å². The first-order valence-corrected chi connectivity index (χ1v) is 14.5. The Kier molecular flexibility index (Phi) is 6.88. The van der Waals surface area contributed by atoms with Gasteiger partial charge in [0.05, 0.1) is 28.3 Å². The number of hydrogen-bond donors (Lipinski definition) is 2. The van der Waals surface area contributed by atoms with Crippen molar-refractivity contribution in [3.63, 3.8) is 0 Å². The summed E-state index contributed by atoms with van der Waals surface area (Å²) < 4.78 is 23.6. The van der Waals surface area contributed by atoms with E-state index < -0.39 is 9.84 Å². The van der Waals surface area contributed by atoms with Gasteiger partial charge >= 0.3 is 0 Å². The van der Waals surface area contributed by atoms with Crippen LogP contribution in [0.15, 0.2) is 53.5 Å². The number of likely N-dealkylation sites (tertiary alicyclic amines) is 1. The summed E-state index contributed by atoms with van der Waals surface area (Å²) >= 11 is 7.79. The van der Waals surface area contributed by atoms with Crippen LogP contribution in [0.5, 0.6) is 0 Å². The number of rotatable bonds is 5. The van der Waals surface area contributed by atoms with Crippen LogP contribution in [0.2, 0.25) is 5.02 Å². The van der Waals surface area contributed by atoms with E-state index in [4.69, 9.17) is 11.6 Å². The highest BCUT2D eigenvalue weighted by molar-refractivity contribution is 8.15. The van der Waals surface area contributed by atoms with E-state index in [-0.39, 0.29) is 34.7 Å². The average Bonchev–Trinajstić information content (AvgIpc) is 3.29. The Morgan fingerprint density at radius 3 is 2.62 bits per heavy atom. The van der Waals surface area contributed by atoms with Gasteiger partial charge in [0.25, 0.3) is 5.91 Å². The van der Waals surface area contributed by atoms with Crippen LogP contribution in [0, 0.1) is 0 Å². The molecule has 7 nitrogen and oxygen atoms in total. The predicted octanol–water partition coefficient (Wildman–Crippen LogP) is 3.41. The van der Waals surface area contributed by atoms with E-state index in [1.54, 1.807) is 18.2 Å². The van der Waals surface area contributed by atoms with Crippen LogP contribution >= 0.6 is 23.4 Å². The van der Waals surface area contributed by atoms with E-state index >= 15 is 0 Å². The number of sulfone groups is 1. The van der Waals surface area contributed by atoms with Crippen molar-refractivity contribution in [1.29, 1.82) is 0 Å². The van der Waals surface area contributed by atoms with Crippen molar-refractivity contribution in [2.75, 3.05) is 29.9 Å². The number of carbonyl (C=O) groups excluding carboxylic acids is 1. The lowest BCUT2D eigenvalue weighted by Gasteiger charge is -2.32. The minimum atomic E-state index is -3.00. The van der Waals surface area contributed by atoms with Crippen LogP contribution in [0.3, 0.4) is 0 Å². The molecule has 5 rings (SSSR count). The standard InChI is InChI=1S/C24H27ClN4O3S2/c25-19-7-6-17(12-20(19)27-24-28-21-14-34(31,32)15-22(21)33-24)23(30)26-18-8-10-29(11-9-18)13-16-4-2-1-3-5-16/h1-7,12,18,21-22H,8-11,13-15H2,(H,26,30)(H,27,28)/t21-,22-/m0/s1. The molecule has 3 heterocycles. The van der Waals surface area contributed by atoms with Gasteiger partial charge in [-0.25, -0.2) is 8.42 Å². The molecule has 0 spiro atoms. The summed E-state index contributed by atoms with van der Waals surface area (Å²) in [4.78, 5) is 19.9. The van der Waals surface area contributed by atoms with Crippen molar-refractivity contribution in [1.82, 2.24) is 10.2 Å². The Morgan fingerprint density at radius 1 is 1.12 bits per heavy atom. The SMILES string of the molecule is O=C(NC1CCN(Cc2ccccc2)CC1)c1ccc(Cl)c(NC2=N[C@H]3CS(=O)(=O)C[C@@H]3S2)c1. The minimum absolute atomic E-state index is 0.0504. The summed E-state index contributed by atoms with van der Waals surface area (Å²) in [6.45, 7) is 2.83. The summed E-state index contributed by atoms with van der Waals surface area (Å²) in [5.41, 5.74) is 2.44. The molecule has 2 N–H and O–H groups in total. The molecule has 1 amide bonds. The summed E-state index contributed by atoms with van der Waals surface area (Å²) in [5.74, 6) is 0.123. The number of hydrogen-bond acceptors (Lipinski definition) is 7. The second kappa shape index (κ2) is 9.89. The average molecular weight is 519 g/mol. The van der Waals surface area contributed by atoms with Gasteiger partial charge in [-0.2, -0.15) is 0 Å². The Hall–Kier alpha value is -2.07. The topological polar surface area (TPSA) is 90.9 Å². The maximum absolute atomic E-state index is 12.9. The largest absolute Gasteiger partial charge is 0.349 e. The van der Waals surface area contributed by atoms with E-state index in [2.05, 4.69) is 44.8 Å². The third kappa shape index (κ3) is 5.59. The highest BCUT2D eigenvalue weighted by Crippen LogP contribution is 2.35. The number of fused-ring (bicyclic) bond motifs is 1. The molecule has 0 radical (unpaired) electrons. The fourth-order valence-electron chi connectivity index (χ4n) is 4.64. The first kappa shape index (κ1) is 23.7. The molecule has 0 bridgehead atoms. The Bertz CT molecular complexity index is 1200. The molecule has 3 aliphatic rings. The van der Waals surface area contributed by atoms with Gasteiger partial charge < -0.3 is 10.6 Å². The number of nitrogens with zero attached hydrogens (tertiary/aromatic N) is 2. The Labute approximate surface area is 209 Å². The smallest absolute Gasteiger partial charge is 0.251 e. The molecule has 0 saturated carbocycles. The van der Waals surface area contributed by atoms with E-state index in [1.165, 1.54) is 17.3 Å². The van der Waals surface area contributed by atoms with Crippen molar-refractivity contribution in [3.8, 4) is 0 Å². The summed E-state index contributed by atoms with van der Waals surface area (Å²) in [6, 6.07) is 15.5. The molecule has 2 atom stereocenters. The fourth-order valence-corrected chi connectivity index (χ4v) is 8.47. The molecule has 2 saturated heterocycles. The van der Waals surface area contributed by atoms with Crippen LogP contribution in [0.1, 0.15) is 28.8 Å². The van der Waals surface area contributed by atoms with Crippen LogP contribution < -0.4 is 10.6 Å². The highest BCUT2D eigenvalue weighted by atomic mass is 35.5. The van der Waals surface area contributed by atoms with E-state index in [0.29, 0.717) is 21.4 Å². The molecule has 0 aromatic heterocycles. The van der Waals surface area contributed by atoms with Gasteiger partial charge in [-0.1, -0.05) is 53.7 Å². The lowest BCUT2D eigenvalue weighted by Crippen LogP contribution is -2.44. The van der Waals surface area contributed by atoms with E-state index in [0.717, 1.165) is 32.5 Å². The van der Waals surface area contributed by atoms with Crippen LogP contribution in [0.25, 0.3) is 0 Å². The molecule has 10 heteroatoms. The highest BCUT2D eigenvalue weighted by Gasteiger charge is 2.42. The van der Waals surface area contributed by atoms with Gasteiger partial charge in [0, 0.05) is 36.5 Å². The zero-order valence-corrected chi connectivity index (χ0v) is 21.0. The molecule has 2 aromatic carbocycles. The quantitative estimate of drug-likeness (QED) is 0.630. The van der Waals surface area contributed by atoms with Crippen molar-refractivity contribution < 1.29 is 13.2 Å². The van der Waals surface area contributed by atoms with E-state index in [9.17, 15) is 13.2 Å². The van der Waals surface area contributed by atoms with Crippen molar-refractivity contribution >= 4 is 50.0 Å². The molecular formula is C24H27ClN4O3S2.